The normalized spacial score (nSPS) is 15.9. The smallest absolute Gasteiger partial charge is 0.0503 e. The number of nitrogens with one attached hydrogen (secondary N) is 1. The zero-order valence-electron chi connectivity index (χ0n) is 10.8. The molecule has 1 heterocycles. The summed E-state index contributed by atoms with van der Waals surface area (Å²) in [4.78, 5) is 0. The van der Waals surface area contributed by atoms with Gasteiger partial charge in [-0.05, 0) is 42.7 Å². The van der Waals surface area contributed by atoms with Crippen LogP contribution in [0.5, 0.6) is 0 Å². The lowest BCUT2D eigenvalue weighted by atomic mass is 9.94. The summed E-state index contributed by atoms with van der Waals surface area (Å²) in [7, 11) is 0. The molecule has 3 rings (SSSR count). The molecule has 2 aromatic carbocycles. The molecule has 1 heteroatoms. The van der Waals surface area contributed by atoms with Crippen molar-refractivity contribution in [2.75, 3.05) is 5.32 Å². The molecule has 90 valence electrons. The summed E-state index contributed by atoms with van der Waals surface area (Å²) in [5.74, 6) is 0. The summed E-state index contributed by atoms with van der Waals surface area (Å²) in [6.45, 7) is 4.36. The first-order valence-electron chi connectivity index (χ1n) is 6.31. The van der Waals surface area contributed by atoms with Gasteiger partial charge >= 0.3 is 0 Å². The molecule has 0 spiro atoms. The zero-order valence-corrected chi connectivity index (χ0v) is 10.8. The van der Waals surface area contributed by atoms with Crippen molar-refractivity contribution in [3.63, 3.8) is 0 Å². The second-order valence-electron chi connectivity index (χ2n) is 5.35. The van der Waals surface area contributed by atoms with E-state index in [1.54, 1.807) is 0 Å². The zero-order chi connectivity index (χ0) is 12.6. The maximum Gasteiger partial charge on any atom is 0.0503 e. The summed E-state index contributed by atoms with van der Waals surface area (Å²) in [5, 5.41) is 3.53. The lowest BCUT2D eigenvalue weighted by Gasteiger charge is -2.29. The number of anilines is 1. The third-order valence-electron chi connectivity index (χ3n) is 3.30. The molecular weight excluding hydrogens is 218 g/mol. The van der Waals surface area contributed by atoms with Gasteiger partial charge in [-0.25, -0.2) is 0 Å². The van der Waals surface area contributed by atoms with Gasteiger partial charge in [-0.1, -0.05) is 48.6 Å². The fourth-order valence-electron chi connectivity index (χ4n) is 2.31. The Morgan fingerprint density at radius 3 is 2.44 bits per heavy atom. The van der Waals surface area contributed by atoms with Crippen LogP contribution in [-0.2, 0) is 0 Å². The highest BCUT2D eigenvalue weighted by molar-refractivity contribution is 5.78. The van der Waals surface area contributed by atoms with E-state index in [1.165, 1.54) is 22.4 Å². The third kappa shape index (κ3) is 2.04. The van der Waals surface area contributed by atoms with Gasteiger partial charge < -0.3 is 5.32 Å². The van der Waals surface area contributed by atoms with E-state index < -0.39 is 0 Å². The van der Waals surface area contributed by atoms with Crippen LogP contribution in [0, 0.1) is 0 Å². The summed E-state index contributed by atoms with van der Waals surface area (Å²) >= 11 is 0. The van der Waals surface area contributed by atoms with Gasteiger partial charge in [-0.3, -0.25) is 0 Å². The van der Waals surface area contributed by atoms with Crippen molar-refractivity contribution in [3.8, 4) is 11.1 Å². The van der Waals surface area contributed by atoms with Crippen LogP contribution in [0.3, 0.4) is 0 Å². The fourth-order valence-corrected chi connectivity index (χ4v) is 2.31. The van der Waals surface area contributed by atoms with Crippen molar-refractivity contribution >= 4 is 11.8 Å². The Balaban J connectivity index is 2.03. The predicted molar refractivity (Wildman–Crippen MR) is 78.6 cm³/mol. The molecule has 0 aliphatic carbocycles. The van der Waals surface area contributed by atoms with Crippen molar-refractivity contribution in [2.45, 2.75) is 19.4 Å². The summed E-state index contributed by atoms with van der Waals surface area (Å²) in [6.07, 6.45) is 4.42. The standard InChI is InChI=1S/C17H17N/c1-17(2)11-10-15-12-14(8-9-16(15)18-17)13-6-4-3-5-7-13/h3-12,18H,1-2H3. The lowest BCUT2D eigenvalue weighted by Crippen LogP contribution is -2.30. The number of benzene rings is 2. The molecule has 0 radical (unpaired) electrons. The highest BCUT2D eigenvalue weighted by atomic mass is 15.0. The second kappa shape index (κ2) is 4.02. The van der Waals surface area contributed by atoms with Crippen molar-refractivity contribution < 1.29 is 0 Å². The molecule has 2 aromatic rings. The van der Waals surface area contributed by atoms with Crippen LogP contribution in [0.15, 0.2) is 54.6 Å². The Kier molecular flexibility index (Phi) is 2.48. The molecule has 0 fully saturated rings. The van der Waals surface area contributed by atoms with E-state index in [4.69, 9.17) is 0 Å². The van der Waals surface area contributed by atoms with E-state index in [-0.39, 0.29) is 5.54 Å². The number of fused-ring (bicyclic) bond motifs is 1. The molecular formula is C17H17N. The van der Waals surface area contributed by atoms with Crippen LogP contribution in [0.1, 0.15) is 19.4 Å². The van der Waals surface area contributed by atoms with E-state index in [0.717, 1.165) is 0 Å². The molecule has 0 unspecified atom stereocenters. The number of hydrogen-bond donors (Lipinski definition) is 1. The highest BCUT2D eigenvalue weighted by Crippen LogP contribution is 2.31. The van der Waals surface area contributed by atoms with Crippen molar-refractivity contribution in [3.05, 3.63) is 60.2 Å². The van der Waals surface area contributed by atoms with Gasteiger partial charge in [-0.15, -0.1) is 0 Å². The van der Waals surface area contributed by atoms with Gasteiger partial charge in [0.25, 0.3) is 0 Å². The number of rotatable bonds is 1. The Morgan fingerprint density at radius 2 is 1.67 bits per heavy atom. The van der Waals surface area contributed by atoms with E-state index in [1.807, 2.05) is 6.07 Å². The average Bonchev–Trinajstić information content (AvgIpc) is 2.38. The number of hydrogen-bond acceptors (Lipinski definition) is 1. The van der Waals surface area contributed by atoms with Gasteiger partial charge in [-0.2, -0.15) is 0 Å². The molecule has 1 nitrogen and oxygen atoms in total. The second-order valence-corrected chi connectivity index (χ2v) is 5.35. The molecule has 0 amide bonds. The van der Waals surface area contributed by atoms with Crippen molar-refractivity contribution in [1.82, 2.24) is 0 Å². The Hall–Kier alpha value is -2.02. The minimum absolute atomic E-state index is 0.0429. The Bertz CT molecular complexity index is 594. The molecule has 1 N–H and O–H groups in total. The predicted octanol–water partition coefficient (Wildman–Crippen LogP) is 4.57. The topological polar surface area (TPSA) is 12.0 Å². The van der Waals surface area contributed by atoms with Crippen LogP contribution in [0.2, 0.25) is 0 Å². The summed E-state index contributed by atoms with van der Waals surface area (Å²) in [6, 6.07) is 17.1. The van der Waals surface area contributed by atoms with E-state index in [2.05, 4.69) is 73.8 Å². The first-order chi connectivity index (χ1) is 8.64. The Morgan fingerprint density at radius 1 is 0.889 bits per heavy atom. The van der Waals surface area contributed by atoms with E-state index in [9.17, 15) is 0 Å². The van der Waals surface area contributed by atoms with Crippen LogP contribution < -0.4 is 5.32 Å². The highest BCUT2D eigenvalue weighted by Gasteiger charge is 2.18. The molecule has 1 aliphatic heterocycles. The van der Waals surface area contributed by atoms with Gasteiger partial charge in [0.1, 0.15) is 0 Å². The van der Waals surface area contributed by atoms with Gasteiger partial charge in [0.05, 0.1) is 5.54 Å². The van der Waals surface area contributed by atoms with Crippen LogP contribution in [-0.4, -0.2) is 5.54 Å². The van der Waals surface area contributed by atoms with E-state index in [0.29, 0.717) is 0 Å². The largest absolute Gasteiger partial charge is 0.376 e. The first-order valence-corrected chi connectivity index (χ1v) is 6.31. The molecule has 0 bridgehead atoms. The molecule has 0 saturated carbocycles. The van der Waals surface area contributed by atoms with Crippen molar-refractivity contribution in [1.29, 1.82) is 0 Å². The SMILES string of the molecule is CC1(C)C=Cc2cc(-c3ccccc3)ccc2N1. The minimum Gasteiger partial charge on any atom is -0.376 e. The maximum absolute atomic E-state index is 3.53. The third-order valence-corrected chi connectivity index (χ3v) is 3.30. The molecule has 0 aromatic heterocycles. The maximum atomic E-state index is 3.53. The molecule has 18 heavy (non-hydrogen) atoms. The van der Waals surface area contributed by atoms with Crippen LogP contribution in [0.4, 0.5) is 5.69 Å². The quantitative estimate of drug-likeness (QED) is 0.763. The van der Waals surface area contributed by atoms with Crippen LogP contribution >= 0.6 is 0 Å². The Labute approximate surface area is 108 Å². The lowest BCUT2D eigenvalue weighted by molar-refractivity contribution is 0.711. The fraction of sp³-hybridized carbons (Fsp3) is 0.176. The van der Waals surface area contributed by atoms with Gasteiger partial charge in [0.15, 0.2) is 0 Å². The van der Waals surface area contributed by atoms with Gasteiger partial charge in [0, 0.05) is 5.69 Å². The molecule has 1 aliphatic rings. The molecule has 0 saturated heterocycles. The average molecular weight is 235 g/mol. The van der Waals surface area contributed by atoms with Gasteiger partial charge in [0.2, 0.25) is 0 Å². The van der Waals surface area contributed by atoms with Crippen molar-refractivity contribution in [2.24, 2.45) is 0 Å². The summed E-state index contributed by atoms with van der Waals surface area (Å²) < 4.78 is 0. The summed E-state index contributed by atoms with van der Waals surface area (Å²) in [5.41, 5.74) is 5.04. The first kappa shape index (κ1) is 11.1. The van der Waals surface area contributed by atoms with Crippen LogP contribution in [0.25, 0.3) is 17.2 Å². The molecule has 0 atom stereocenters. The van der Waals surface area contributed by atoms with E-state index >= 15 is 0 Å². The minimum atomic E-state index is 0.0429. The monoisotopic (exact) mass is 235 g/mol.